The van der Waals surface area contributed by atoms with Gasteiger partial charge in [-0.25, -0.2) is 0 Å². The van der Waals surface area contributed by atoms with Crippen molar-refractivity contribution in [3.8, 4) is 0 Å². The average Bonchev–Trinajstić information content (AvgIpc) is 3.37. The van der Waals surface area contributed by atoms with Crippen molar-refractivity contribution in [3.63, 3.8) is 0 Å². The molecule has 0 heterocycles. The normalized spacial score (nSPS) is 12.3. The molecule has 5 heteroatoms. The number of esters is 2. The van der Waals surface area contributed by atoms with Gasteiger partial charge in [0.25, 0.3) is 0 Å². The van der Waals surface area contributed by atoms with Crippen molar-refractivity contribution in [2.45, 2.75) is 360 Å². The highest BCUT2D eigenvalue weighted by Gasteiger charge is 2.16. The molecule has 71 heavy (non-hydrogen) atoms. The molecule has 1 atom stereocenters. The average molecular weight is 998 g/mol. The highest BCUT2D eigenvalue weighted by atomic mass is 16.6. The fraction of sp³-hybridized carbons (Fsp3) is 0.879. The van der Waals surface area contributed by atoms with Crippen molar-refractivity contribution >= 4 is 11.9 Å². The zero-order chi connectivity index (χ0) is 51.3. The van der Waals surface area contributed by atoms with Crippen LogP contribution in [0.1, 0.15) is 354 Å². The van der Waals surface area contributed by atoms with Crippen LogP contribution in [0.25, 0.3) is 0 Å². The van der Waals surface area contributed by atoms with Crippen LogP contribution >= 0.6 is 0 Å². The molecule has 0 fully saturated rings. The number of rotatable bonds is 60. The Morgan fingerprint density at radius 3 is 0.859 bits per heavy atom. The van der Waals surface area contributed by atoms with Gasteiger partial charge in [-0.1, -0.05) is 307 Å². The summed E-state index contributed by atoms with van der Waals surface area (Å²) in [6.07, 6.45) is 81.8. The van der Waals surface area contributed by atoms with Crippen LogP contribution in [0.3, 0.4) is 0 Å². The van der Waals surface area contributed by atoms with Gasteiger partial charge >= 0.3 is 11.9 Å². The summed E-state index contributed by atoms with van der Waals surface area (Å²) in [5, 5.41) is 9.64. The van der Waals surface area contributed by atoms with Crippen LogP contribution in [0.2, 0.25) is 0 Å². The lowest BCUT2D eigenvalue weighted by molar-refractivity contribution is -0.161. The van der Waals surface area contributed by atoms with E-state index < -0.39 is 6.10 Å². The third-order valence-electron chi connectivity index (χ3n) is 14.7. The fourth-order valence-corrected chi connectivity index (χ4v) is 9.82. The van der Waals surface area contributed by atoms with E-state index >= 15 is 0 Å². The molecule has 0 aliphatic carbocycles. The number of allylic oxidation sites excluding steroid dienone is 6. The molecule has 0 aromatic heterocycles. The van der Waals surface area contributed by atoms with E-state index in [-0.39, 0.29) is 25.2 Å². The Hall–Kier alpha value is -1.88. The van der Waals surface area contributed by atoms with Crippen LogP contribution in [-0.4, -0.2) is 36.4 Å². The van der Waals surface area contributed by atoms with Gasteiger partial charge in [0, 0.05) is 12.8 Å². The zero-order valence-electron chi connectivity index (χ0n) is 48.0. The lowest BCUT2D eigenvalue weighted by atomic mass is 10.0. The van der Waals surface area contributed by atoms with E-state index in [1.165, 1.54) is 276 Å². The van der Waals surface area contributed by atoms with Gasteiger partial charge in [-0.2, -0.15) is 0 Å². The highest BCUT2D eigenvalue weighted by molar-refractivity contribution is 5.70. The van der Waals surface area contributed by atoms with Crippen LogP contribution < -0.4 is 0 Å². The third-order valence-corrected chi connectivity index (χ3v) is 14.7. The quantitative estimate of drug-likeness (QED) is 0.0373. The number of aliphatic hydroxyl groups excluding tert-OH is 1. The molecule has 1 unspecified atom stereocenters. The minimum absolute atomic E-state index is 0.0672. The second-order valence-corrected chi connectivity index (χ2v) is 21.8. The van der Waals surface area contributed by atoms with Crippen LogP contribution in [0.15, 0.2) is 36.5 Å². The Labute approximate surface area is 444 Å². The van der Waals surface area contributed by atoms with Crippen molar-refractivity contribution in [2.24, 2.45) is 0 Å². The van der Waals surface area contributed by atoms with E-state index in [0.717, 1.165) is 51.4 Å². The predicted octanol–water partition coefficient (Wildman–Crippen LogP) is 21.8. The van der Waals surface area contributed by atoms with Crippen molar-refractivity contribution in [3.05, 3.63) is 36.5 Å². The summed E-state index contributed by atoms with van der Waals surface area (Å²) in [4.78, 5) is 24.5. The van der Waals surface area contributed by atoms with Gasteiger partial charge in [0.15, 0.2) is 6.10 Å². The second kappa shape index (κ2) is 62.4. The maximum atomic E-state index is 12.3. The van der Waals surface area contributed by atoms with Gasteiger partial charge in [0.1, 0.15) is 6.61 Å². The molecule has 0 radical (unpaired) electrons. The molecule has 0 aromatic rings. The standard InChI is InChI=1S/C66H124O5/c1-3-5-7-9-11-13-15-17-19-21-22-23-24-25-26-27-28-29-30-31-32-33-34-35-36-37-38-39-40-41-42-43-44-45-47-48-50-52-54-56-58-60-65(68)70-63-64(62-67)71-66(69)61-59-57-55-53-51-49-46-20-18-16-14-12-10-8-6-4-2/h14,16,20-22,46,64,67H,3-13,15,17-19,23-45,47-63H2,1-2H3/b16-14-,22-21-,46-20-. The van der Waals surface area contributed by atoms with Crippen LogP contribution in [0, 0.1) is 0 Å². The first-order valence-electron chi connectivity index (χ1n) is 32.0. The molecular weight excluding hydrogens is 873 g/mol. The first kappa shape index (κ1) is 69.1. The maximum Gasteiger partial charge on any atom is 0.306 e. The number of unbranched alkanes of at least 4 members (excludes halogenated alkanes) is 46. The first-order valence-corrected chi connectivity index (χ1v) is 32.0. The number of carbonyl (C=O) groups is 2. The number of ether oxygens (including phenoxy) is 2. The summed E-state index contributed by atoms with van der Waals surface area (Å²) in [5.41, 5.74) is 0. The maximum absolute atomic E-state index is 12.3. The molecule has 0 rings (SSSR count). The summed E-state index contributed by atoms with van der Waals surface area (Å²) in [6, 6.07) is 0. The van der Waals surface area contributed by atoms with E-state index in [2.05, 4.69) is 50.3 Å². The molecule has 1 N–H and O–H groups in total. The Morgan fingerprint density at radius 1 is 0.324 bits per heavy atom. The van der Waals surface area contributed by atoms with Crippen molar-refractivity contribution in [1.29, 1.82) is 0 Å². The van der Waals surface area contributed by atoms with E-state index in [4.69, 9.17) is 9.47 Å². The van der Waals surface area contributed by atoms with Crippen molar-refractivity contribution in [1.82, 2.24) is 0 Å². The molecular formula is C66H124O5. The van der Waals surface area contributed by atoms with Crippen molar-refractivity contribution < 1.29 is 24.2 Å². The Kier molecular flexibility index (Phi) is 60.8. The molecule has 0 aliphatic rings. The molecule has 0 spiro atoms. The van der Waals surface area contributed by atoms with E-state index in [0.29, 0.717) is 12.8 Å². The summed E-state index contributed by atoms with van der Waals surface area (Å²) < 4.78 is 10.7. The Bertz CT molecular complexity index is 1130. The number of carbonyl (C=O) groups excluding carboxylic acids is 2. The molecule has 0 bridgehead atoms. The molecule has 0 saturated heterocycles. The number of hydrogen-bond acceptors (Lipinski definition) is 5. The predicted molar refractivity (Wildman–Crippen MR) is 311 cm³/mol. The molecule has 0 aliphatic heterocycles. The van der Waals surface area contributed by atoms with Gasteiger partial charge in [-0.05, 0) is 70.6 Å². The van der Waals surface area contributed by atoms with E-state index in [1.807, 2.05) is 0 Å². The molecule has 5 nitrogen and oxygen atoms in total. The Morgan fingerprint density at radius 2 is 0.563 bits per heavy atom. The first-order chi connectivity index (χ1) is 35.1. The summed E-state index contributed by atoms with van der Waals surface area (Å²) in [5.74, 6) is -0.590. The third kappa shape index (κ3) is 60.6. The van der Waals surface area contributed by atoms with E-state index in [1.54, 1.807) is 0 Å². The van der Waals surface area contributed by atoms with E-state index in [9.17, 15) is 14.7 Å². The van der Waals surface area contributed by atoms with Gasteiger partial charge in [0.05, 0.1) is 6.61 Å². The fourth-order valence-electron chi connectivity index (χ4n) is 9.82. The van der Waals surface area contributed by atoms with Gasteiger partial charge in [-0.3, -0.25) is 9.59 Å². The minimum atomic E-state index is -0.777. The summed E-state index contributed by atoms with van der Waals surface area (Å²) >= 11 is 0. The minimum Gasteiger partial charge on any atom is -0.462 e. The summed E-state index contributed by atoms with van der Waals surface area (Å²) in [7, 11) is 0. The smallest absolute Gasteiger partial charge is 0.306 e. The SMILES string of the molecule is CCCCCC/C=C\C/C=C\CCCCCCCC(=O)OC(CO)COC(=O)CCCCCCCCCCCCCCCCCCCCCCCCCCCCCCC/C=C\CCCCCCCCCC. The number of aliphatic hydroxyl groups is 1. The topological polar surface area (TPSA) is 72.8 Å². The molecule has 0 saturated carbocycles. The van der Waals surface area contributed by atoms with Gasteiger partial charge in [0.2, 0.25) is 0 Å². The van der Waals surface area contributed by atoms with Crippen LogP contribution in [0.5, 0.6) is 0 Å². The second-order valence-electron chi connectivity index (χ2n) is 21.8. The Balaban J connectivity index is 3.35. The zero-order valence-corrected chi connectivity index (χ0v) is 48.0. The highest BCUT2D eigenvalue weighted by Crippen LogP contribution is 2.18. The lowest BCUT2D eigenvalue weighted by Gasteiger charge is -2.15. The lowest BCUT2D eigenvalue weighted by Crippen LogP contribution is -2.28. The van der Waals surface area contributed by atoms with Crippen molar-refractivity contribution in [2.75, 3.05) is 13.2 Å². The largest absolute Gasteiger partial charge is 0.462 e. The molecule has 0 aromatic carbocycles. The van der Waals surface area contributed by atoms with Gasteiger partial charge < -0.3 is 14.6 Å². The summed E-state index contributed by atoms with van der Waals surface area (Å²) in [6.45, 7) is 4.15. The molecule has 418 valence electrons. The van der Waals surface area contributed by atoms with Gasteiger partial charge in [-0.15, -0.1) is 0 Å². The monoisotopic (exact) mass is 997 g/mol. The number of hydrogen-bond donors (Lipinski definition) is 1. The van der Waals surface area contributed by atoms with Crippen LogP contribution in [0.4, 0.5) is 0 Å². The van der Waals surface area contributed by atoms with Crippen LogP contribution in [-0.2, 0) is 19.1 Å². The molecule has 0 amide bonds.